The molecule has 0 radical (unpaired) electrons. The molecule has 1 aromatic carbocycles. The van der Waals surface area contributed by atoms with Gasteiger partial charge in [0, 0.05) is 5.56 Å². The van der Waals surface area contributed by atoms with Gasteiger partial charge in [-0.2, -0.15) is 0 Å². The van der Waals surface area contributed by atoms with Crippen LogP contribution in [0.1, 0.15) is 11.8 Å². The lowest BCUT2D eigenvalue weighted by Gasteiger charge is -2.12. The first-order valence-electron chi connectivity index (χ1n) is 3.78. The molecule has 3 heteroatoms. The zero-order chi connectivity index (χ0) is 8.97. The van der Waals surface area contributed by atoms with Crippen molar-refractivity contribution in [2.24, 2.45) is 0 Å². The van der Waals surface area contributed by atoms with Gasteiger partial charge in [0.15, 0.2) is 0 Å². The molecule has 66 valence electrons. The second-order valence-electron chi connectivity index (χ2n) is 2.43. The van der Waals surface area contributed by atoms with Gasteiger partial charge >= 0.3 is 0 Å². The molecule has 0 fully saturated rings. The van der Waals surface area contributed by atoms with Crippen molar-refractivity contribution < 1.29 is 9.84 Å². The number of benzene rings is 1. The van der Waals surface area contributed by atoms with Crippen molar-refractivity contribution in [3.8, 4) is 5.75 Å². The molecule has 0 amide bonds. The van der Waals surface area contributed by atoms with E-state index in [9.17, 15) is 5.11 Å². The van der Waals surface area contributed by atoms with Crippen LogP contribution in [0, 0.1) is 0 Å². The molecule has 0 aromatic heterocycles. The lowest BCUT2D eigenvalue weighted by molar-refractivity contribution is 0.145. The Morgan fingerprint density at radius 1 is 1.42 bits per heavy atom. The van der Waals surface area contributed by atoms with E-state index in [4.69, 9.17) is 4.74 Å². The minimum Gasteiger partial charge on any atom is -0.496 e. The highest BCUT2D eigenvalue weighted by atomic mass is 16.5. The molecule has 0 spiro atoms. The smallest absolute Gasteiger partial charge is 0.134 e. The van der Waals surface area contributed by atoms with E-state index in [0.29, 0.717) is 5.75 Å². The van der Waals surface area contributed by atoms with Crippen LogP contribution in [0.25, 0.3) is 0 Å². The SMILES string of the molecule is CNC(O)c1ccccc1OC. The fourth-order valence-electron chi connectivity index (χ4n) is 1.05. The summed E-state index contributed by atoms with van der Waals surface area (Å²) in [7, 11) is 3.28. The van der Waals surface area contributed by atoms with Crippen LogP contribution in [0.3, 0.4) is 0 Å². The van der Waals surface area contributed by atoms with Crippen LogP contribution in [0.5, 0.6) is 5.75 Å². The molecule has 1 unspecified atom stereocenters. The molecule has 0 heterocycles. The first-order valence-corrected chi connectivity index (χ1v) is 3.78. The Hall–Kier alpha value is -1.06. The van der Waals surface area contributed by atoms with E-state index in [2.05, 4.69) is 5.32 Å². The van der Waals surface area contributed by atoms with Gasteiger partial charge in [-0.15, -0.1) is 0 Å². The Kier molecular flexibility index (Phi) is 3.08. The number of ether oxygens (including phenoxy) is 1. The van der Waals surface area contributed by atoms with Crippen molar-refractivity contribution >= 4 is 0 Å². The molecule has 0 aliphatic heterocycles. The molecule has 1 atom stereocenters. The summed E-state index contributed by atoms with van der Waals surface area (Å²) < 4.78 is 5.07. The van der Waals surface area contributed by atoms with E-state index >= 15 is 0 Å². The van der Waals surface area contributed by atoms with E-state index in [-0.39, 0.29) is 0 Å². The first-order chi connectivity index (χ1) is 5.79. The molecule has 1 rings (SSSR count). The number of para-hydroxylation sites is 1. The minimum absolute atomic E-state index is 0.666. The monoisotopic (exact) mass is 167 g/mol. The molecule has 0 aliphatic carbocycles. The Labute approximate surface area is 72.0 Å². The van der Waals surface area contributed by atoms with Crippen LogP contribution in [-0.2, 0) is 0 Å². The fourth-order valence-corrected chi connectivity index (χ4v) is 1.05. The molecular formula is C9H13NO2. The van der Waals surface area contributed by atoms with Crippen LogP contribution in [0.4, 0.5) is 0 Å². The predicted molar refractivity (Wildman–Crippen MR) is 47.0 cm³/mol. The molecule has 3 nitrogen and oxygen atoms in total. The van der Waals surface area contributed by atoms with Crippen molar-refractivity contribution in [3.63, 3.8) is 0 Å². The van der Waals surface area contributed by atoms with Gasteiger partial charge in [-0.3, -0.25) is 5.32 Å². The molecule has 0 aliphatic rings. The maximum absolute atomic E-state index is 9.45. The minimum atomic E-state index is -0.666. The average Bonchev–Trinajstić information content (AvgIpc) is 2.16. The summed E-state index contributed by atoms with van der Waals surface area (Å²) in [6, 6.07) is 7.36. The van der Waals surface area contributed by atoms with Gasteiger partial charge in [-0.1, -0.05) is 18.2 Å². The van der Waals surface area contributed by atoms with Gasteiger partial charge in [-0.05, 0) is 13.1 Å². The molecule has 12 heavy (non-hydrogen) atoms. The lowest BCUT2D eigenvalue weighted by Crippen LogP contribution is -2.15. The topological polar surface area (TPSA) is 41.5 Å². The van der Waals surface area contributed by atoms with E-state index in [0.717, 1.165) is 5.56 Å². The average molecular weight is 167 g/mol. The van der Waals surface area contributed by atoms with Crippen molar-refractivity contribution in [3.05, 3.63) is 29.8 Å². The van der Waals surface area contributed by atoms with E-state index in [1.165, 1.54) is 0 Å². The maximum atomic E-state index is 9.45. The first kappa shape index (κ1) is 9.03. The van der Waals surface area contributed by atoms with Crippen LogP contribution >= 0.6 is 0 Å². The highest BCUT2D eigenvalue weighted by Gasteiger charge is 2.08. The maximum Gasteiger partial charge on any atom is 0.134 e. The van der Waals surface area contributed by atoms with Crippen LogP contribution in [-0.4, -0.2) is 19.3 Å². The van der Waals surface area contributed by atoms with Gasteiger partial charge in [0.2, 0.25) is 0 Å². The van der Waals surface area contributed by atoms with Gasteiger partial charge in [0.1, 0.15) is 12.0 Å². The normalized spacial score (nSPS) is 12.6. The van der Waals surface area contributed by atoms with Crippen molar-refractivity contribution in [2.45, 2.75) is 6.23 Å². The van der Waals surface area contributed by atoms with Gasteiger partial charge in [0.25, 0.3) is 0 Å². The predicted octanol–water partition coefficient (Wildman–Crippen LogP) is 0.906. The molecule has 0 saturated heterocycles. The number of aliphatic hydroxyl groups is 1. The fraction of sp³-hybridized carbons (Fsp3) is 0.333. The summed E-state index contributed by atoms with van der Waals surface area (Å²) >= 11 is 0. The number of methoxy groups -OCH3 is 1. The lowest BCUT2D eigenvalue weighted by atomic mass is 10.2. The Morgan fingerprint density at radius 3 is 2.67 bits per heavy atom. The summed E-state index contributed by atoms with van der Waals surface area (Å²) in [6.45, 7) is 0. The van der Waals surface area contributed by atoms with Crippen molar-refractivity contribution in [1.29, 1.82) is 0 Å². The summed E-state index contributed by atoms with van der Waals surface area (Å²) in [4.78, 5) is 0. The number of hydrogen-bond donors (Lipinski definition) is 2. The Bertz CT molecular complexity index is 250. The second kappa shape index (κ2) is 4.09. The van der Waals surface area contributed by atoms with Gasteiger partial charge < -0.3 is 9.84 Å². The van der Waals surface area contributed by atoms with E-state index < -0.39 is 6.23 Å². The third kappa shape index (κ3) is 1.75. The third-order valence-electron chi connectivity index (χ3n) is 1.71. The summed E-state index contributed by atoms with van der Waals surface area (Å²) in [5, 5.41) is 12.2. The van der Waals surface area contributed by atoms with Crippen LogP contribution < -0.4 is 10.1 Å². The number of nitrogens with one attached hydrogen (secondary N) is 1. The summed E-state index contributed by atoms with van der Waals surface area (Å²) in [5.41, 5.74) is 0.752. The highest BCUT2D eigenvalue weighted by Crippen LogP contribution is 2.22. The largest absolute Gasteiger partial charge is 0.496 e. The van der Waals surface area contributed by atoms with E-state index in [1.807, 2.05) is 24.3 Å². The summed E-state index contributed by atoms with van der Waals surface area (Å²) in [5.74, 6) is 0.694. The number of hydrogen-bond acceptors (Lipinski definition) is 3. The van der Waals surface area contributed by atoms with E-state index in [1.54, 1.807) is 14.2 Å². The molecule has 0 saturated carbocycles. The molecule has 2 N–H and O–H groups in total. The standard InChI is InChI=1S/C9H13NO2/c1-10-9(11)7-5-3-4-6-8(7)12-2/h3-6,9-11H,1-2H3. The molecule has 1 aromatic rings. The zero-order valence-electron chi connectivity index (χ0n) is 7.24. The van der Waals surface area contributed by atoms with Crippen molar-refractivity contribution in [2.75, 3.05) is 14.2 Å². The quantitative estimate of drug-likeness (QED) is 0.657. The van der Waals surface area contributed by atoms with Crippen molar-refractivity contribution in [1.82, 2.24) is 5.32 Å². The van der Waals surface area contributed by atoms with Crippen LogP contribution in [0.15, 0.2) is 24.3 Å². The zero-order valence-corrected chi connectivity index (χ0v) is 7.24. The van der Waals surface area contributed by atoms with Gasteiger partial charge in [0.05, 0.1) is 7.11 Å². The Balaban J connectivity index is 2.96. The molecular weight excluding hydrogens is 154 g/mol. The summed E-state index contributed by atoms with van der Waals surface area (Å²) in [6.07, 6.45) is -0.666. The van der Waals surface area contributed by atoms with Crippen LogP contribution in [0.2, 0.25) is 0 Å². The molecule has 0 bridgehead atoms. The number of aliphatic hydroxyl groups excluding tert-OH is 1. The third-order valence-corrected chi connectivity index (χ3v) is 1.71. The highest BCUT2D eigenvalue weighted by molar-refractivity contribution is 5.34. The second-order valence-corrected chi connectivity index (χ2v) is 2.43. The number of rotatable bonds is 3. The van der Waals surface area contributed by atoms with Gasteiger partial charge in [-0.25, -0.2) is 0 Å². The Morgan fingerprint density at radius 2 is 2.08 bits per heavy atom.